The number of rotatable bonds is 4. The van der Waals surface area contributed by atoms with Crippen LogP contribution in [0.15, 0.2) is 16.6 Å². The first-order chi connectivity index (χ1) is 7.02. The van der Waals surface area contributed by atoms with E-state index in [0.29, 0.717) is 17.3 Å². The molecule has 0 aliphatic rings. The summed E-state index contributed by atoms with van der Waals surface area (Å²) >= 11 is 3.30. The summed E-state index contributed by atoms with van der Waals surface area (Å²) in [5.41, 5.74) is 1.75. The van der Waals surface area contributed by atoms with E-state index in [4.69, 9.17) is 5.11 Å². The van der Waals surface area contributed by atoms with Crippen molar-refractivity contribution >= 4 is 21.9 Å². The molecule has 0 heterocycles. The summed E-state index contributed by atoms with van der Waals surface area (Å²) in [5.74, 6) is -0.551. The van der Waals surface area contributed by atoms with Crippen LogP contribution in [0.3, 0.4) is 0 Å². The fraction of sp³-hybridized carbons (Fsp3) is 0.364. The maximum absolute atomic E-state index is 10.3. The lowest BCUT2D eigenvalue weighted by molar-refractivity contribution is -0.137. The molecule has 82 valence electrons. The van der Waals surface area contributed by atoms with Crippen LogP contribution in [0.4, 0.5) is 0 Å². The maximum Gasteiger partial charge on any atom is 0.303 e. The van der Waals surface area contributed by atoms with E-state index in [2.05, 4.69) is 15.9 Å². The Labute approximate surface area is 96.9 Å². The highest BCUT2D eigenvalue weighted by atomic mass is 79.9. The van der Waals surface area contributed by atoms with Crippen LogP contribution in [0, 0.1) is 6.92 Å². The Morgan fingerprint density at radius 1 is 1.47 bits per heavy atom. The van der Waals surface area contributed by atoms with Crippen LogP contribution in [0.25, 0.3) is 0 Å². The van der Waals surface area contributed by atoms with Crippen molar-refractivity contribution < 1.29 is 15.0 Å². The lowest BCUT2D eigenvalue weighted by atomic mass is 10.1. The molecule has 0 spiro atoms. The Bertz CT molecular complexity index is 374. The maximum atomic E-state index is 10.3. The van der Waals surface area contributed by atoms with Crippen LogP contribution < -0.4 is 0 Å². The number of phenols is 1. The highest BCUT2D eigenvalue weighted by Crippen LogP contribution is 2.31. The molecular formula is C11H13BrO3. The number of carboxylic acid groups (broad SMARTS) is 1. The monoisotopic (exact) mass is 272 g/mol. The van der Waals surface area contributed by atoms with Gasteiger partial charge in [0.1, 0.15) is 5.75 Å². The molecular weight excluding hydrogens is 260 g/mol. The first-order valence-electron chi connectivity index (χ1n) is 4.71. The molecule has 0 fully saturated rings. The number of hydrogen-bond acceptors (Lipinski definition) is 2. The summed E-state index contributed by atoms with van der Waals surface area (Å²) in [7, 11) is 0. The smallest absolute Gasteiger partial charge is 0.303 e. The van der Waals surface area contributed by atoms with E-state index in [9.17, 15) is 9.90 Å². The van der Waals surface area contributed by atoms with Crippen LogP contribution in [-0.4, -0.2) is 16.2 Å². The molecule has 0 saturated carbocycles. The molecule has 0 atom stereocenters. The van der Waals surface area contributed by atoms with Gasteiger partial charge in [-0.2, -0.15) is 0 Å². The predicted octanol–water partition coefficient (Wildman–Crippen LogP) is 2.87. The second-order valence-electron chi connectivity index (χ2n) is 3.45. The fourth-order valence-corrected chi connectivity index (χ4v) is 1.97. The van der Waals surface area contributed by atoms with E-state index in [1.165, 1.54) is 0 Å². The number of aryl methyl sites for hydroxylation is 2. The Morgan fingerprint density at radius 3 is 2.73 bits per heavy atom. The molecule has 2 N–H and O–H groups in total. The van der Waals surface area contributed by atoms with Crippen molar-refractivity contribution in [2.75, 3.05) is 0 Å². The van der Waals surface area contributed by atoms with Gasteiger partial charge in [0.25, 0.3) is 0 Å². The van der Waals surface area contributed by atoms with Crippen molar-refractivity contribution in [1.29, 1.82) is 0 Å². The van der Waals surface area contributed by atoms with E-state index < -0.39 is 5.97 Å². The largest absolute Gasteiger partial charge is 0.506 e. The number of carboxylic acids is 1. The van der Waals surface area contributed by atoms with Gasteiger partial charge >= 0.3 is 5.97 Å². The van der Waals surface area contributed by atoms with Gasteiger partial charge in [-0.15, -0.1) is 0 Å². The zero-order valence-corrected chi connectivity index (χ0v) is 10.0. The third kappa shape index (κ3) is 3.23. The standard InChI is InChI=1S/C11H13BrO3/c1-7-5-6-8(10(12)11(7)15)3-2-4-9(13)14/h5-6,15H,2-4H2,1H3,(H,13,14). The number of aliphatic carboxylic acids is 1. The molecule has 3 nitrogen and oxygen atoms in total. The third-order valence-corrected chi connectivity index (χ3v) is 3.12. The van der Waals surface area contributed by atoms with Crippen LogP contribution in [-0.2, 0) is 11.2 Å². The zero-order valence-electron chi connectivity index (χ0n) is 8.46. The molecule has 0 aromatic heterocycles. The molecule has 0 aliphatic carbocycles. The van der Waals surface area contributed by atoms with E-state index >= 15 is 0 Å². The van der Waals surface area contributed by atoms with Crippen molar-refractivity contribution in [2.45, 2.75) is 26.2 Å². The van der Waals surface area contributed by atoms with Gasteiger partial charge in [-0.3, -0.25) is 4.79 Å². The first kappa shape index (κ1) is 12.0. The molecule has 0 saturated heterocycles. The van der Waals surface area contributed by atoms with Gasteiger partial charge in [0.15, 0.2) is 0 Å². The Kier molecular flexibility index (Phi) is 4.15. The van der Waals surface area contributed by atoms with Crippen molar-refractivity contribution in [2.24, 2.45) is 0 Å². The summed E-state index contributed by atoms with van der Waals surface area (Å²) in [6.45, 7) is 1.82. The first-order valence-corrected chi connectivity index (χ1v) is 5.50. The van der Waals surface area contributed by atoms with Gasteiger partial charge in [0.05, 0.1) is 4.47 Å². The highest BCUT2D eigenvalue weighted by Gasteiger charge is 2.07. The lowest BCUT2D eigenvalue weighted by Gasteiger charge is -2.07. The van der Waals surface area contributed by atoms with E-state index in [-0.39, 0.29) is 12.2 Å². The quantitative estimate of drug-likeness (QED) is 0.886. The lowest BCUT2D eigenvalue weighted by Crippen LogP contribution is -1.96. The Hall–Kier alpha value is -1.03. The minimum Gasteiger partial charge on any atom is -0.506 e. The molecule has 0 unspecified atom stereocenters. The normalized spacial score (nSPS) is 10.3. The van der Waals surface area contributed by atoms with Gasteiger partial charge in [0, 0.05) is 6.42 Å². The predicted molar refractivity (Wildman–Crippen MR) is 61.1 cm³/mol. The number of halogens is 1. The average Bonchev–Trinajstić information content (AvgIpc) is 2.18. The summed E-state index contributed by atoms with van der Waals surface area (Å²) in [6.07, 6.45) is 1.39. The molecule has 4 heteroatoms. The van der Waals surface area contributed by atoms with Crippen LogP contribution >= 0.6 is 15.9 Å². The summed E-state index contributed by atoms with van der Waals surface area (Å²) in [5, 5.41) is 18.1. The number of phenolic OH excluding ortho intramolecular Hbond substituents is 1. The number of carbonyl (C=O) groups is 1. The van der Waals surface area contributed by atoms with Crippen molar-refractivity contribution in [1.82, 2.24) is 0 Å². The Balaban J connectivity index is 2.70. The van der Waals surface area contributed by atoms with Crippen molar-refractivity contribution in [3.05, 3.63) is 27.7 Å². The second-order valence-corrected chi connectivity index (χ2v) is 4.24. The summed E-state index contributed by atoms with van der Waals surface area (Å²) < 4.78 is 0.674. The van der Waals surface area contributed by atoms with Crippen LogP contribution in [0.1, 0.15) is 24.0 Å². The van der Waals surface area contributed by atoms with Gasteiger partial charge in [-0.05, 0) is 46.8 Å². The Morgan fingerprint density at radius 2 is 2.13 bits per heavy atom. The van der Waals surface area contributed by atoms with Gasteiger partial charge < -0.3 is 10.2 Å². The van der Waals surface area contributed by atoms with E-state index in [1.54, 1.807) is 0 Å². The zero-order chi connectivity index (χ0) is 11.4. The fourth-order valence-electron chi connectivity index (χ4n) is 1.33. The average molecular weight is 273 g/mol. The van der Waals surface area contributed by atoms with E-state index in [1.807, 2.05) is 19.1 Å². The molecule has 15 heavy (non-hydrogen) atoms. The number of hydrogen-bond donors (Lipinski definition) is 2. The van der Waals surface area contributed by atoms with Gasteiger partial charge in [0.2, 0.25) is 0 Å². The van der Waals surface area contributed by atoms with Crippen LogP contribution in [0.5, 0.6) is 5.75 Å². The van der Waals surface area contributed by atoms with Gasteiger partial charge in [-0.25, -0.2) is 0 Å². The van der Waals surface area contributed by atoms with Crippen molar-refractivity contribution in [3.8, 4) is 5.75 Å². The van der Waals surface area contributed by atoms with E-state index in [0.717, 1.165) is 11.1 Å². The van der Waals surface area contributed by atoms with Crippen LogP contribution in [0.2, 0.25) is 0 Å². The van der Waals surface area contributed by atoms with Crippen molar-refractivity contribution in [3.63, 3.8) is 0 Å². The molecule has 0 aliphatic heterocycles. The molecule has 0 radical (unpaired) electrons. The number of benzene rings is 1. The molecule has 0 amide bonds. The van der Waals surface area contributed by atoms with Gasteiger partial charge in [-0.1, -0.05) is 12.1 Å². The highest BCUT2D eigenvalue weighted by molar-refractivity contribution is 9.10. The topological polar surface area (TPSA) is 57.5 Å². The summed E-state index contributed by atoms with van der Waals surface area (Å²) in [4.78, 5) is 10.3. The molecule has 0 bridgehead atoms. The third-order valence-electron chi connectivity index (χ3n) is 2.23. The minimum absolute atomic E-state index is 0.154. The summed E-state index contributed by atoms with van der Waals surface area (Å²) in [6, 6.07) is 3.73. The molecule has 1 aromatic rings. The second kappa shape index (κ2) is 5.16. The SMILES string of the molecule is Cc1ccc(CCCC(=O)O)c(Br)c1O. The number of aromatic hydroxyl groups is 1. The molecule has 1 rings (SSSR count). The molecule has 1 aromatic carbocycles. The minimum atomic E-state index is -0.789.